The lowest BCUT2D eigenvalue weighted by Crippen LogP contribution is -2.41. The topological polar surface area (TPSA) is 71.8 Å². The van der Waals surface area contributed by atoms with Crippen LogP contribution in [0, 0.1) is 19.7 Å². The van der Waals surface area contributed by atoms with Crippen LogP contribution in [-0.2, 0) is 4.79 Å². The third-order valence-electron chi connectivity index (χ3n) is 4.41. The lowest BCUT2D eigenvalue weighted by atomic mass is 10.0. The molecule has 0 bridgehead atoms. The quantitative estimate of drug-likeness (QED) is 0.725. The Bertz CT molecular complexity index is 971. The third-order valence-corrected chi connectivity index (χ3v) is 5.62. The fourth-order valence-corrected chi connectivity index (χ4v) is 4.06. The second-order valence-electron chi connectivity index (χ2n) is 6.42. The molecule has 3 aromatic rings. The molecule has 0 saturated heterocycles. The van der Waals surface area contributed by atoms with Gasteiger partial charge in [-0.15, -0.1) is 10.2 Å². The predicted molar refractivity (Wildman–Crippen MR) is 103 cm³/mol. The highest BCUT2D eigenvalue weighted by molar-refractivity contribution is 8.00. The Morgan fingerprint density at radius 2 is 1.81 bits per heavy atom. The molecule has 2 atom stereocenters. The van der Waals surface area contributed by atoms with Gasteiger partial charge in [0.2, 0.25) is 11.1 Å². The Morgan fingerprint density at radius 3 is 2.52 bits per heavy atom. The van der Waals surface area contributed by atoms with E-state index in [1.165, 1.54) is 23.9 Å². The zero-order valence-electron chi connectivity index (χ0n) is 14.8. The van der Waals surface area contributed by atoms with Crippen molar-refractivity contribution in [2.75, 3.05) is 10.7 Å². The van der Waals surface area contributed by atoms with Crippen LogP contribution in [0.15, 0.2) is 53.7 Å². The van der Waals surface area contributed by atoms with Crippen molar-refractivity contribution in [3.05, 3.63) is 71.3 Å². The Balaban J connectivity index is 1.65. The number of anilines is 1. The van der Waals surface area contributed by atoms with Gasteiger partial charge in [-0.2, -0.15) is 0 Å². The van der Waals surface area contributed by atoms with Gasteiger partial charge >= 0.3 is 0 Å². The van der Waals surface area contributed by atoms with E-state index in [0.717, 1.165) is 17.0 Å². The second kappa shape index (κ2) is 7.03. The lowest BCUT2D eigenvalue weighted by Gasteiger charge is -2.32. The maximum absolute atomic E-state index is 13.1. The minimum absolute atomic E-state index is 0.184. The van der Waals surface area contributed by atoms with E-state index in [1.807, 2.05) is 38.1 Å². The summed E-state index contributed by atoms with van der Waals surface area (Å²) in [5.41, 5.74) is 6.05. The van der Waals surface area contributed by atoms with Crippen molar-refractivity contribution in [3.8, 4) is 0 Å². The van der Waals surface area contributed by atoms with Crippen molar-refractivity contribution >= 4 is 23.4 Å². The molecule has 1 aliphatic heterocycles. The molecule has 2 heterocycles. The summed E-state index contributed by atoms with van der Waals surface area (Å²) in [7, 11) is 0. The zero-order valence-corrected chi connectivity index (χ0v) is 15.6. The molecule has 1 amide bonds. The van der Waals surface area contributed by atoms with Crippen LogP contribution in [0.3, 0.4) is 0 Å². The molecule has 27 heavy (non-hydrogen) atoms. The number of nitrogens with zero attached hydrogens (tertiary/aromatic N) is 3. The Hall–Kier alpha value is -2.87. The van der Waals surface area contributed by atoms with Crippen molar-refractivity contribution in [3.63, 3.8) is 0 Å². The molecule has 6 nitrogen and oxygen atoms in total. The fourth-order valence-electron chi connectivity index (χ4n) is 2.93. The van der Waals surface area contributed by atoms with Crippen molar-refractivity contribution in [2.24, 2.45) is 0 Å². The molecular weight excluding hydrogens is 365 g/mol. The first-order chi connectivity index (χ1) is 13.0. The maximum Gasteiger partial charge on any atom is 0.240 e. The van der Waals surface area contributed by atoms with Gasteiger partial charge in [-0.1, -0.05) is 41.6 Å². The van der Waals surface area contributed by atoms with Crippen LogP contribution in [0.2, 0.25) is 0 Å². The van der Waals surface area contributed by atoms with Crippen molar-refractivity contribution in [1.29, 1.82) is 0 Å². The van der Waals surface area contributed by atoms with Gasteiger partial charge in [0.15, 0.2) is 0 Å². The van der Waals surface area contributed by atoms with Crippen LogP contribution in [0.5, 0.6) is 0 Å². The molecule has 2 N–H and O–H groups in total. The molecule has 0 radical (unpaired) electrons. The van der Waals surface area contributed by atoms with E-state index in [1.54, 1.807) is 16.8 Å². The molecule has 0 unspecified atom stereocenters. The first-order valence-corrected chi connectivity index (χ1v) is 9.37. The molecule has 0 spiro atoms. The van der Waals surface area contributed by atoms with Crippen LogP contribution in [0.25, 0.3) is 0 Å². The predicted octanol–water partition coefficient (Wildman–Crippen LogP) is 3.43. The highest BCUT2D eigenvalue weighted by Crippen LogP contribution is 2.37. The van der Waals surface area contributed by atoms with Crippen LogP contribution in [0.1, 0.15) is 23.0 Å². The lowest BCUT2D eigenvalue weighted by molar-refractivity contribution is -0.116. The summed E-state index contributed by atoms with van der Waals surface area (Å²) in [4.78, 5) is 13.0. The number of nitrogens with one attached hydrogen (secondary N) is 2. The van der Waals surface area contributed by atoms with Crippen LogP contribution in [0.4, 0.5) is 10.1 Å². The summed E-state index contributed by atoms with van der Waals surface area (Å²) >= 11 is 1.36. The van der Waals surface area contributed by atoms with E-state index in [9.17, 15) is 9.18 Å². The van der Waals surface area contributed by atoms with Crippen molar-refractivity contribution < 1.29 is 9.18 Å². The SMILES string of the molecule is Cc1ccc([C@@H]2Nn3c(C)nnc3S[C@@H]2C(=O)Nc2ccc(F)cc2)cc1. The highest BCUT2D eigenvalue weighted by Gasteiger charge is 2.37. The van der Waals surface area contributed by atoms with E-state index in [4.69, 9.17) is 0 Å². The number of aryl methyl sites for hydroxylation is 2. The average Bonchev–Trinajstić information content (AvgIpc) is 3.03. The molecule has 0 aliphatic carbocycles. The number of rotatable bonds is 3. The van der Waals surface area contributed by atoms with Crippen LogP contribution < -0.4 is 10.7 Å². The number of halogens is 1. The molecule has 1 aromatic heterocycles. The summed E-state index contributed by atoms with van der Waals surface area (Å²) in [6.45, 7) is 3.88. The fraction of sp³-hybridized carbons (Fsp3) is 0.211. The number of hydrogen-bond donors (Lipinski definition) is 2. The molecular formula is C19H18FN5OS. The van der Waals surface area contributed by atoms with Gasteiger partial charge in [-0.3, -0.25) is 4.79 Å². The number of aromatic nitrogens is 3. The maximum atomic E-state index is 13.1. The Labute approximate surface area is 160 Å². The van der Waals surface area contributed by atoms with Crippen molar-refractivity contribution in [1.82, 2.24) is 14.9 Å². The van der Waals surface area contributed by atoms with E-state index < -0.39 is 5.25 Å². The van der Waals surface area contributed by atoms with Crippen LogP contribution in [-0.4, -0.2) is 26.0 Å². The van der Waals surface area contributed by atoms with Gasteiger partial charge in [0.1, 0.15) is 16.9 Å². The number of carbonyl (C=O) groups is 1. The molecule has 0 fully saturated rings. The smallest absolute Gasteiger partial charge is 0.240 e. The molecule has 138 valence electrons. The second-order valence-corrected chi connectivity index (χ2v) is 7.53. The molecule has 1 aliphatic rings. The summed E-state index contributed by atoms with van der Waals surface area (Å²) in [5.74, 6) is 0.200. The van der Waals surface area contributed by atoms with Crippen LogP contribution >= 0.6 is 11.8 Å². The minimum atomic E-state index is -0.464. The number of hydrogen-bond acceptors (Lipinski definition) is 5. The normalized spacial score (nSPS) is 18.5. The summed E-state index contributed by atoms with van der Waals surface area (Å²) in [6.07, 6.45) is 0. The largest absolute Gasteiger partial charge is 0.325 e. The molecule has 8 heteroatoms. The van der Waals surface area contributed by atoms with Gasteiger partial charge in [-0.05, 0) is 43.7 Å². The molecule has 0 saturated carbocycles. The van der Waals surface area contributed by atoms with E-state index in [0.29, 0.717) is 10.8 Å². The van der Waals surface area contributed by atoms with E-state index in [-0.39, 0.29) is 17.8 Å². The number of amides is 1. The number of fused-ring (bicyclic) bond motifs is 1. The van der Waals surface area contributed by atoms with E-state index >= 15 is 0 Å². The molecule has 2 aromatic carbocycles. The Morgan fingerprint density at radius 1 is 1.11 bits per heavy atom. The summed E-state index contributed by atoms with van der Waals surface area (Å²) in [6, 6.07) is 13.5. The van der Waals surface area contributed by atoms with Crippen molar-refractivity contribution in [2.45, 2.75) is 30.3 Å². The minimum Gasteiger partial charge on any atom is -0.325 e. The summed E-state index contributed by atoms with van der Waals surface area (Å²) < 4.78 is 14.9. The van der Waals surface area contributed by atoms with Gasteiger partial charge in [0.05, 0.1) is 6.04 Å². The monoisotopic (exact) mass is 383 g/mol. The Kier molecular flexibility index (Phi) is 4.57. The van der Waals surface area contributed by atoms with E-state index in [2.05, 4.69) is 20.9 Å². The first-order valence-electron chi connectivity index (χ1n) is 8.49. The highest BCUT2D eigenvalue weighted by atomic mass is 32.2. The number of thioether (sulfide) groups is 1. The number of benzene rings is 2. The molecule has 4 rings (SSSR count). The van der Waals surface area contributed by atoms with Gasteiger partial charge in [0, 0.05) is 5.69 Å². The van der Waals surface area contributed by atoms with Gasteiger partial charge in [0.25, 0.3) is 0 Å². The standard InChI is InChI=1S/C19H18FN5OS/c1-11-3-5-13(6-4-11)16-17(27-19-23-22-12(2)25(19)24-16)18(26)21-15-9-7-14(20)8-10-15/h3-10,16-17,24H,1-2H3,(H,21,26)/t16-,17-/m0/s1. The van der Waals surface area contributed by atoms with Gasteiger partial charge < -0.3 is 10.7 Å². The summed E-state index contributed by atoms with van der Waals surface area (Å²) in [5, 5.41) is 11.3. The number of carbonyl (C=O) groups excluding carboxylic acids is 1. The first kappa shape index (κ1) is 17.5. The van der Waals surface area contributed by atoms with Gasteiger partial charge in [-0.25, -0.2) is 9.07 Å². The average molecular weight is 383 g/mol. The third kappa shape index (κ3) is 3.52. The zero-order chi connectivity index (χ0) is 19.0.